The largest absolute Gasteiger partial charge is 0.349 e. The molecule has 3 rings (SSSR count). The first kappa shape index (κ1) is 18.4. The van der Waals surface area contributed by atoms with Crippen LogP contribution in [0.4, 0.5) is 0 Å². The molecule has 0 radical (unpaired) electrons. The monoisotopic (exact) mass is 352 g/mol. The summed E-state index contributed by atoms with van der Waals surface area (Å²) in [5, 5.41) is 3.10. The second kappa shape index (κ2) is 7.90. The smallest absolute Gasteiger partial charge is 0.263 e. The Kier molecular flexibility index (Phi) is 5.60. The zero-order valence-corrected chi connectivity index (χ0v) is 15.9. The highest BCUT2D eigenvalue weighted by Crippen LogP contribution is 2.21. The van der Waals surface area contributed by atoms with Gasteiger partial charge in [-0.3, -0.25) is 9.59 Å². The standard InChI is InChI=1S/C22H28N2O2/c1-15(2)10-12-24-13-11-16(3)20(22(24)26)21(25)23-19-9-8-17-6-4-5-7-18(17)14-19/h4-7,11,13,15,19H,8-10,12,14H2,1-3H3,(H,23,25). The summed E-state index contributed by atoms with van der Waals surface area (Å²) in [6.07, 6.45) is 5.43. The molecule has 1 unspecified atom stereocenters. The second-order valence-corrected chi connectivity index (χ2v) is 7.74. The van der Waals surface area contributed by atoms with Gasteiger partial charge >= 0.3 is 0 Å². The fourth-order valence-corrected chi connectivity index (χ4v) is 3.59. The Balaban J connectivity index is 1.76. The fraction of sp³-hybridized carbons (Fsp3) is 0.455. The summed E-state index contributed by atoms with van der Waals surface area (Å²) in [4.78, 5) is 25.6. The predicted octanol–water partition coefficient (Wildman–Crippen LogP) is 3.49. The van der Waals surface area contributed by atoms with Gasteiger partial charge in [0.15, 0.2) is 0 Å². The number of amides is 1. The molecule has 0 bridgehead atoms. The topological polar surface area (TPSA) is 51.1 Å². The molecule has 4 nitrogen and oxygen atoms in total. The van der Waals surface area contributed by atoms with Crippen LogP contribution < -0.4 is 10.9 Å². The zero-order valence-electron chi connectivity index (χ0n) is 15.9. The van der Waals surface area contributed by atoms with E-state index in [1.54, 1.807) is 10.8 Å². The summed E-state index contributed by atoms with van der Waals surface area (Å²) in [5.74, 6) is 0.276. The van der Waals surface area contributed by atoms with Gasteiger partial charge in [0.1, 0.15) is 5.56 Å². The van der Waals surface area contributed by atoms with Crippen LogP contribution in [0.1, 0.15) is 53.7 Å². The average Bonchev–Trinajstić information content (AvgIpc) is 2.61. The van der Waals surface area contributed by atoms with Crippen LogP contribution in [0.5, 0.6) is 0 Å². The van der Waals surface area contributed by atoms with E-state index in [2.05, 4.69) is 37.4 Å². The summed E-state index contributed by atoms with van der Waals surface area (Å²) in [7, 11) is 0. The number of pyridine rings is 1. The Morgan fingerprint density at radius 1 is 1.23 bits per heavy atom. The number of hydrogen-bond donors (Lipinski definition) is 1. The van der Waals surface area contributed by atoms with Gasteiger partial charge in [0.05, 0.1) is 0 Å². The van der Waals surface area contributed by atoms with Crippen LogP contribution in [0, 0.1) is 12.8 Å². The lowest BCUT2D eigenvalue weighted by Crippen LogP contribution is -2.42. The van der Waals surface area contributed by atoms with Gasteiger partial charge in [-0.05, 0) is 61.3 Å². The van der Waals surface area contributed by atoms with Gasteiger partial charge in [0.25, 0.3) is 11.5 Å². The Bertz CT molecular complexity index is 851. The number of carbonyl (C=O) groups excluding carboxylic acids is 1. The molecule has 0 saturated heterocycles. The minimum atomic E-state index is -0.240. The van der Waals surface area contributed by atoms with E-state index in [9.17, 15) is 9.59 Å². The summed E-state index contributed by atoms with van der Waals surface area (Å²) >= 11 is 0. The van der Waals surface area contributed by atoms with E-state index >= 15 is 0 Å². The zero-order chi connectivity index (χ0) is 18.7. The highest BCUT2D eigenvalue weighted by Gasteiger charge is 2.23. The number of hydrogen-bond acceptors (Lipinski definition) is 2. The van der Waals surface area contributed by atoms with Crippen molar-refractivity contribution >= 4 is 5.91 Å². The molecule has 138 valence electrons. The van der Waals surface area contributed by atoms with Crippen molar-refractivity contribution in [3.63, 3.8) is 0 Å². The number of aryl methyl sites for hydroxylation is 3. The van der Waals surface area contributed by atoms with E-state index in [4.69, 9.17) is 0 Å². The molecule has 0 fully saturated rings. The molecule has 1 aromatic heterocycles. The molecule has 1 amide bonds. The van der Waals surface area contributed by atoms with Gasteiger partial charge in [-0.1, -0.05) is 38.1 Å². The van der Waals surface area contributed by atoms with E-state index in [1.165, 1.54) is 11.1 Å². The van der Waals surface area contributed by atoms with Gasteiger partial charge in [0, 0.05) is 18.8 Å². The Labute approximate surface area is 155 Å². The van der Waals surface area contributed by atoms with Crippen molar-refractivity contribution in [3.05, 3.63) is 69.1 Å². The van der Waals surface area contributed by atoms with Crippen LogP contribution in [-0.4, -0.2) is 16.5 Å². The van der Waals surface area contributed by atoms with Crippen molar-refractivity contribution in [3.8, 4) is 0 Å². The summed E-state index contributed by atoms with van der Waals surface area (Å²) in [6.45, 7) is 6.74. The van der Waals surface area contributed by atoms with Gasteiger partial charge in [0.2, 0.25) is 0 Å². The lowest BCUT2D eigenvalue weighted by molar-refractivity contribution is 0.0931. The minimum Gasteiger partial charge on any atom is -0.349 e. The maximum absolute atomic E-state index is 12.8. The first-order valence-electron chi connectivity index (χ1n) is 9.53. The third kappa shape index (κ3) is 4.06. The second-order valence-electron chi connectivity index (χ2n) is 7.74. The molecule has 4 heteroatoms. The number of carbonyl (C=O) groups is 1. The number of nitrogens with zero attached hydrogens (tertiary/aromatic N) is 1. The van der Waals surface area contributed by atoms with Gasteiger partial charge in [-0.25, -0.2) is 0 Å². The van der Waals surface area contributed by atoms with Crippen molar-refractivity contribution in [1.82, 2.24) is 9.88 Å². The van der Waals surface area contributed by atoms with Crippen LogP contribution in [0.2, 0.25) is 0 Å². The van der Waals surface area contributed by atoms with Crippen LogP contribution in [0.3, 0.4) is 0 Å². The molecular formula is C22H28N2O2. The van der Waals surface area contributed by atoms with E-state index in [-0.39, 0.29) is 23.1 Å². The fourth-order valence-electron chi connectivity index (χ4n) is 3.59. The van der Waals surface area contributed by atoms with Gasteiger partial charge in [-0.2, -0.15) is 0 Å². The van der Waals surface area contributed by atoms with Crippen molar-refractivity contribution in [2.75, 3.05) is 0 Å². The van der Waals surface area contributed by atoms with E-state index < -0.39 is 0 Å². The molecular weight excluding hydrogens is 324 g/mol. The predicted molar refractivity (Wildman–Crippen MR) is 105 cm³/mol. The quantitative estimate of drug-likeness (QED) is 0.895. The van der Waals surface area contributed by atoms with Crippen molar-refractivity contribution < 1.29 is 4.79 Å². The summed E-state index contributed by atoms with van der Waals surface area (Å²) in [5.41, 5.74) is 3.51. The van der Waals surface area contributed by atoms with E-state index in [0.717, 1.165) is 31.2 Å². The SMILES string of the molecule is Cc1ccn(CCC(C)C)c(=O)c1C(=O)NC1CCc2ccccc2C1. The maximum atomic E-state index is 12.8. The van der Waals surface area contributed by atoms with Gasteiger partial charge < -0.3 is 9.88 Å². The minimum absolute atomic E-state index is 0.0838. The molecule has 0 saturated carbocycles. The van der Waals surface area contributed by atoms with Crippen LogP contribution in [0.15, 0.2) is 41.3 Å². The first-order valence-corrected chi connectivity index (χ1v) is 9.53. The number of benzene rings is 1. The number of fused-ring (bicyclic) bond motifs is 1. The lowest BCUT2D eigenvalue weighted by atomic mass is 9.88. The molecule has 1 heterocycles. The normalized spacial score (nSPS) is 16.4. The third-order valence-corrected chi connectivity index (χ3v) is 5.23. The van der Waals surface area contributed by atoms with Gasteiger partial charge in [-0.15, -0.1) is 0 Å². The number of nitrogens with one attached hydrogen (secondary N) is 1. The Morgan fingerprint density at radius 2 is 1.96 bits per heavy atom. The van der Waals surface area contributed by atoms with Crippen LogP contribution in [0.25, 0.3) is 0 Å². The number of aromatic nitrogens is 1. The first-order chi connectivity index (χ1) is 12.5. The van der Waals surface area contributed by atoms with Crippen LogP contribution in [-0.2, 0) is 19.4 Å². The molecule has 0 spiro atoms. The summed E-state index contributed by atoms with van der Waals surface area (Å²) < 4.78 is 1.66. The Morgan fingerprint density at radius 3 is 2.69 bits per heavy atom. The highest BCUT2D eigenvalue weighted by atomic mass is 16.2. The van der Waals surface area contributed by atoms with Crippen molar-refractivity contribution in [2.24, 2.45) is 5.92 Å². The molecule has 1 N–H and O–H groups in total. The van der Waals surface area contributed by atoms with Crippen molar-refractivity contribution in [1.29, 1.82) is 0 Å². The maximum Gasteiger partial charge on any atom is 0.263 e. The number of rotatable bonds is 5. The molecule has 1 aliphatic carbocycles. The van der Waals surface area contributed by atoms with E-state index in [1.807, 2.05) is 19.1 Å². The highest BCUT2D eigenvalue weighted by molar-refractivity contribution is 5.95. The third-order valence-electron chi connectivity index (χ3n) is 5.23. The van der Waals surface area contributed by atoms with E-state index in [0.29, 0.717) is 12.5 Å². The molecule has 0 aliphatic heterocycles. The molecule has 1 aliphatic rings. The summed E-state index contributed by atoms with van der Waals surface area (Å²) in [6, 6.07) is 10.3. The average molecular weight is 352 g/mol. The molecule has 26 heavy (non-hydrogen) atoms. The molecule has 1 atom stereocenters. The molecule has 1 aromatic carbocycles. The lowest BCUT2D eigenvalue weighted by Gasteiger charge is -2.25. The molecule has 2 aromatic rings. The van der Waals surface area contributed by atoms with Crippen LogP contribution >= 0.6 is 0 Å². The van der Waals surface area contributed by atoms with Crippen molar-refractivity contribution in [2.45, 2.75) is 59.0 Å². The Hall–Kier alpha value is -2.36.